The standard InChI is InChI=1S/C20H23N7O2/c1-21-18-15-17(27(4)11-23-15)16-20(25-18)29-19(24-16)13-7-5-6-12(8-13)9-22-14(28)10-26(2)3/h5-8,11H,9-10H2,1-4H3,(H,21,25)(H,22,28). The Morgan fingerprint density at radius 2 is 2.07 bits per heavy atom. The number of amides is 1. The van der Waals surface area contributed by atoms with Crippen molar-refractivity contribution in [2.45, 2.75) is 6.54 Å². The molecule has 0 aliphatic rings. The molecule has 0 aliphatic carbocycles. The van der Waals surface area contributed by atoms with Gasteiger partial charge in [-0.25, -0.2) is 9.97 Å². The summed E-state index contributed by atoms with van der Waals surface area (Å²) in [5.41, 5.74) is 4.51. The topological polar surface area (TPSA) is 101 Å². The van der Waals surface area contributed by atoms with Crippen LogP contribution < -0.4 is 10.6 Å². The molecule has 1 aromatic carbocycles. The maximum Gasteiger partial charge on any atom is 0.251 e. The fourth-order valence-electron chi connectivity index (χ4n) is 3.24. The number of anilines is 1. The number of rotatable bonds is 6. The number of nitrogens with one attached hydrogen (secondary N) is 2. The summed E-state index contributed by atoms with van der Waals surface area (Å²) in [7, 11) is 7.44. The number of hydrogen-bond acceptors (Lipinski definition) is 7. The Bertz CT molecular complexity index is 1190. The van der Waals surface area contributed by atoms with Crippen LogP contribution in [0.5, 0.6) is 0 Å². The number of pyridine rings is 1. The zero-order valence-electron chi connectivity index (χ0n) is 16.9. The van der Waals surface area contributed by atoms with Gasteiger partial charge in [-0.1, -0.05) is 12.1 Å². The van der Waals surface area contributed by atoms with Crippen molar-refractivity contribution in [3.63, 3.8) is 0 Å². The summed E-state index contributed by atoms with van der Waals surface area (Å²) in [6.07, 6.45) is 1.73. The predicted octanol–water partition coefficient (Wildman–Crippen LogP) is 2.00. The number of likely N-dealkylation sites (N-methyl/N-ethyl adjacent to an activating group) is 1. The Balaban J connectivity index is 1.67. The summed E-state index contributed by atoms with van der Waals surface area (Å²) in [5, 5.41) is 5.97. The Morgan fingerprint density at radius 3 is 2.83 bits per heavy atom. The molecule has 0 unspecified atom stereocenters. The molecule has 0 saturated carbocycles. The molecule has 9 nitrogen and oxygen atoms in total. The maximum atomic E-state index is 11.9. The SMILES string of the molecule is CNc1nc2oc(-c3cccc(CNC(=O)CN(C)C)c3)nc2c2c1ncn2C. The minimum absolute atomic E-state index is 0.0235. The van der Waals surface area contributed by atoms with E-state index in [1.807, 2.05) is 54.9 Å². The summed E-state index contributed by atoms with van der Waals surface area (Å²) in [5.74, 6) is 1.10. The van der Waals surface area contributed by atoms with Crippen molar-refractivity contribution < 1.29 is 9.21 Å². The van der Waals surface area contributed by atoms with Gasteiger partial charge in [-0.15, -0.1) is 0 Å². The van der Waals surface area contributed by atoms with Gasteiger partial charge >= 0.3 is 0 Å². The zero-order valence-corrected chi connectivity index (χ0v) is 16.9. The number of fused-ring (bicyclic) bond motifs is 3. The first kappa shape index (κ1) is 18.9. The molecule has 1 amide bonds. The molecule has 0 spiro atoms. The summed E-state index contributed by atoms with van der Waals surface area (Å²) < 4.78 is 7.87. The van der Waals surface area contributed by atoms with E-state index < -0.39 is 0 Å². The number of aromatic nitrogens is 4. The lowest BCUT2D eigenvalue weighted by Crippen LogP contribution is -2.32. The third kappa shape index (κ3) is 3.64. The van der Waals surface area contributed by atoms with E-state index in [9.17, 15) is 4.79 Å². The van der Waals surface area contributed by atoms with Crippen molar-refractivity contribution in [3.8, 4) is 11.5 Å². The Hall–Kier alpha value is -3.46. The molecule has 0 bridgehead atoms. The minimum atomic E-state index is -0.0235. The van der Waals surface area contributed by atoms with Gasteiger partial charge in [-0.05, 0) is 31.8 Å². The normalized spacial score (nSPS) is 11.5. The number of oxazole rings is 1. The molecule has 0 aliphatic heterocycles. The molecule has 2 N–H and O–H groups in total. The van der Waals surface area contributed by atoms with Gasteiger partial charge in [0.05, 0.1) is 12.9 Å². The van der Waals surface area contributed by atoms with Crippen LogP contribution in [0.15, 0.2) is 35.0 Å². The number of hydrogen-bond donors (Lipinski definition) is 2. The number of carbonyl (C=O) groups is 1. The number of carbonyl (C=O) groups excluding carboxylic acids is 1. The lowest BCUT2D eigenvalue weighted by molar-refractivity contribution is -0.121. The van der Waals surface area contributed by atoms with Crippen LogP contribution in [0.3, 0.4) is 0 Å². The first-order valence-corrected chi connectivity index (χ1v) is 9.26. The Kier molecular flexibility index (Phi) is 4.89. The van der Waals surface area contributed by atoms with Crippen LogP contribution in [-0.2, 0) is 18.4 Å². The monoisotopic (exact) mass is 393 g/mol. The van der Waals surface area contributed by atoms with E-state index in [2.05, 4.69) is 25.6 Å². The van der Waals surface area contributed by atoms with E-state index in [-0.39, 0.29) is 5.91 Å². The largest absolute Gasteiger partial charge is 0.418 e. The molecule has 4 rings (SSSR count). The number of aryl methyl sites for hydroxylation is 1. The molecule has 9 heteroatoms. The molecule has 0 atom stereocenters. The lowest BCUT2D eigenvalue weighted by Gasteiger charge is -2.10. The number of benzene rings is 1. The van der Waals surface area contributed by atoms with Crippen LogP contribution in [0, 0.1) is 0 Å². The van der Waals surface area contributed by atoms with Crippen molar-refractivity contribution >= 4 is 34.0 Å². The van der Waals surface area contributed by atoms with Crippen LogP contribution in [0.25, 0.3) is 33.7 Å². The van der Waals surface area contributed by atoms with E-state index in [1.54, 1.807) is 13.4 Å². The van der Waals surface area contributed by atoms with E-state index in [0.717, 1.165) is 22.2 Å². The zero-order chi connectivity index (χ0) is 20.5. The van der Waals surface area contributed by atoms with Gasteiger partial charge < -0.3 is 24.5 Å². The average Bonchev–Trinajstić information content (AvgIpc) is 3.29. The second-order valence-electron chi connectivity index (χ2n) is 7.15. The van der Waals surface area contributed by atoms with Crippen LogP contribution in [0.4, 0.5) is 5.82 Å². The molecule has 0 radical (unpaired) electrons. The van der Waals surface area contributed by atoms with Crippen molar-refractivity contribution in [2.24, 2.45) is 7.05 Å². The van der Waals surface area contributed by atoms with Gasteiger partial charge in [0, 0.05) is 26.2 Å². The van der Waals surface area contributed by atoms with Crippen LogP contribution in [0.2, 0.25) is 0 Å². The highest BCUT2D eigenvalue weighted by Gasteiger charge is 2.18. The van der Waals surface area contributed by atoms with Gasteiger partial charge in [0.15, 0.2) is 11.3 Å². The van der Waals surface area contributed by atoms with Crippen molar-refractivity contribution in [2.75, 3.05) is 33.0 Å². The molecular formula is C20H23N7O2. The molecular weight excluding hydrogens is 370 g/mol. The van der Waals surface area contributed by atoms with Crippen molar-refractivity contribution in [3.05, 3.63) is 36.2 Å². The minimum Gasteiger partial charge on any atom is -0.418 e. The third-order valence-corrected chi connectivity index (χ3v) is 4.57. The summed E-state index contributed by atoms with van der Waals surface area (Å²) in [6, 6.07) is 7.76. The highest BCUT2D eigenvalue weighted by Crippen LogP contribution is 2.31. The molecule has 4 aromatic rings. The second kappa shape index (κ2) is 7.51. The van der Waals surface area contributed by atoms with Crippen molar-refractivity contribution in [1.82, 2.24) is 29.7 Å². The van der Waals surface area contributed by atoms with E-state index >= 15 is 0 Å². The van der Waals surface area contributed by atoms with Crippen LogP contribution in [-0.4, -0.2) is 58.0 Å². The van der Waals surface area contributed by atoms with Gasteiger partial charge in [0.25, 0.3) is 5.71 Å². The summed E-state index contributed by atoms with van der Waals surface area (Å²) in [4.78, 5) is 27.3. The molecule has 3 aromatic heterocycles. The van der Waals surface area contributed by atoms with Crippen molar-refractivity contribution in [1.29, 1.82) is 0 Å². The molecule has 0 fully saturated rings. The smallest absolute Gasteiger partial charge is 0.251 e. The fraction of sp³-hybridized carbons (Fsp3) is 0.300. The second-order valence-corrected chi connectivity index (χ2v) is 7.15. The van der Waals surface area contributed by atoms with Gasteiger partial charge in [0.2, 0.25) is 11.8 Å². The van der Waals surface area contributed by atoms with Crippen LogP contribution >= 0.6 is 0 Å². The molecule has 150 valence electrons. The first-order chi connectivity index (χ1) is 14.0. The number of nitrogens with zero attached hydrogens (tertiary/aromatic N) is 5. The van der Waals surface area contributed by atoms with E-state index in [4.69, 9.17) is 4.42 Å². The first-order valence-electron chi connectivity index (χ1n) is 9.26. The van der Waals surface area contributed by atoms with E-state index in [1.165, 1.54) is 0 Å². The summed E-state index contributed by atoms with van der Waals surface area (Å²) in [6.45, 7) is 0.792. The Morgan fingerprint density at radius 1 is 1.24 bits per heavy atom. The maximum absolute atomic E-state index is 11.9. The van der Waals surface area contributed by atoms with Gasteiger partial charge in [-0.2, -0.15) is 4.98 Å². The van der Waals surface area contributed by atoms with E-state index in [0.29, 0.717) is 36.0 Å². The number of imidazole rings is 1. The lowest BCUT2D eigenvalue weighted by atomic mass is 10.1. The Labute approximate surface area is 167 Å². The predicted molar refractivity (Wildman–Crippen MR) is 111 cm³/mol. The quantitative estimate of drug-likeness (QED) is 0.517. The van der Waals surface area contributed by atoms with Gasteiger partial charge in [0.1, 0.15) is 11.0 Å². The fourth-order valence-corrected chi connectivity index (χ4v) is 3.24. The summed E-state index contributed by atoms with van der Waals surface area (Å²) >= 11 is 0. The molecule has 3 heterocycles. The van der Waals surface area contributed by atoms with Gasteiger partial charge in [-0.3, -0.25) is 4.79 Å². The third-order valence-electron chi connectivity index (χ3n) is 4.57. The molecule has 29 heavy (non-hydrogen) atoms. The van der Waals surface area contributed by atoms with Crippen LogP contribution in [0.1, 0.15) is 5.56 Å². The highest BCUT2D eigenvalue weighted by atomic mass is 16.4. The molecule has 0 saturated heterocycles. The highest BCUT2D eigenvalue weighted by molar-refractivity contribution is 6.03. The average molecular weight is 393 g/mol.